The zero-order chi connectivity index (χ0) is 15.1. The van der Waals surface area contributed by atoms with Crippen molar-refractivity contribution in [1.82, 2.24) is 0 Å². The molecule has 0 saturated heterocycles. The maximum atomic E-state index is 8.74. The number of nitrogens with zero attached hydrogens (tertiary/aromatic N) is 1. The van der Waals surface area contributed by atoms with Crippen LogP contribution in [0.25, 0.3) is 0 Å². The molecule has 8 nitrogen and oxygen atoms in total. The van der Waals surface area contributed by atoms with Gasteiger partial charge in [0.2, 0.25) is 5.96 Å². The number of guanidine groups is 1. The van der Waals surface area contributed by atoms with Gasteiger partial charge < -0.3 is 5.73 Å². The molecule has 0 amide bonds. The molecule has 0 aliphatic heterocycles. The Kier molecular flexibility index (Phi) is 7.01. The van der Waals surface area contributed by atoms with Crippen molar-refractivity contribution in [2.24, 2.45) is 5.73 Å². The van der Waals surface area contributed by atoms with E-state index < -0.39 is 10.4 Å². The first-order valence-corrected chi connectivity index (χ1v) is 6.56. The Morgan fingerprint density at radius 3 is 2.05 bits per heavy atom. The summed E-state index contributed by atoms with van der Waals surface area (Å²) in [6.07, 6.45) is -0.0147. The number of hydroxylamine groups is 1. The third kappa shape index (κ3) is 9.97. The molecule has 0 radical (unpaired) electrons. The summed E-state index contributed by atoms with van der Waals surface area (Å²) in [5, 5.41) is 8.67. The first kappa shape index (κ1) is 17.3. The number of nitrogens with one attached hydrogen (secondary N) is 1. The molecule has 9 heteroatoms. The van der Waals surface area contributed by atoms with Gasteiger partial charge in [-0.1, -0.05) is 18.2 Å². The van der Waals surface area contributed by atoms with Gasteiger partial charge in [0, 0.05) is 0 Å². The maximum Gasteiger partial charge on any atom is 0.394 e. The summed E-state index contributed by atoms with van der Waals surface area (Å²) >= 11 is 0. The second kappa shape index (κ2) is 7.69. The van der Waals surface area contributed by atoms with Crippen molar-refractivity contribution < 1.29 is 22.4 Å². The van der Waals surface area contributed by atoms with E-state index in [1.54, 1.807) is 0 Å². The van der Waals surface area contributed by atoms with Crippen LogP contribution in [0.5, 0.6) is 0 Å². The average molecular weight is 291 g/mol. The van der Waals surface area contributed by atoms with E-state index >= 15 is 0 Å². The van der Waals surface area contributed by atoms with Crippen LogP contribution in [-0.2, 0) is 15.2 Å². The second-order valence-corrected chi connectivity index (χ2v) is 4.51. The van der Waals surface area contributed by atoms with Crippen LogP contribution < -0.4 is 10.8 Å². The first-order chi connectivity index (χ1) is 8.61. The van der Waals surface area contributed by atoms with Gasteiger partial charge in [-0.3, -0.25) is 19.4 Å². The zero-order valence-corrected chi connectivity index (χ0v) is 11.3. The molecule has 0 bridgehead atoms. The molecule has 0 spiro atoms. The Morgan fingerprint density at radius 1 is 1.32 bits per heavy atom. The predicted molar refractivity (Wildman–Crippen MR) is 71.2 cm³/mol. The molecule has 0 aliphatic rings. The van der Waals surface area contributed by atoms with E-state index in [0.717, 1.165) is 5.69 Å². The maximum absolute atomic E-state index is 8.74. The Morgan fingerprint density at radius 2 is 1.74 bits per heavy atom. The van der Waals surface area contributed by atoms with Crippen LogP contribution in [0.4, 0.5) is 5.69 Å². The summed E-state index contributed by atoms with van der Waals surface area (Å²) in [7, 11) is -4.67. The normalized spacial score (nSPS) is 10.6. The van der Waals surface area contributed by atoms with Crippen molar-refractivity contribution in [3.05, 3.63) is 30.3 Å². The molecule has 0 unspecified atom stereocenters. The van der Waals surface area contributed by atoms with Crippen molar-refractivity contribution in [3.8, 4) is 0 Å². The molecule has 0 heterocycles. The van der Waals surface area contributed by atoms with Gasteiger partial charge in [-0.25, -0.2) is 0 Å². The monoisotopic (exact) mass is 291 g/mol. The highest BCUT2D eigenvalue weighted by atomic mass is 32.3. The van der Waals surface area contributed by atoms with E-state index in [-0.39, 0.29) is 12.1 Å². The minimum atomic E-state index is -4.67. The van der Waals surface area contributed by atoms with Crippen LogP contribution in [0.15, 0.2) is 30.3 Å². The lowest BCUT2D eigenvalue weighted by Crippen LogP contribution is -2.38. The molecule has 1 rings (SSSR count). The van der Waals surface area contributed by atoms with Crippen molar-refractivity contribution >= 4 is 22.0 Å². The fourth-order valence-electron chi connectivity index (χ4n) is 1.03. The van der Waals surface area contributed by atoms with Crippen LogP contribution in [0, 0.1) is 5.41 Å². The lowest BCUT2D eigenvalue weighted by molar-refractivity contribution is 0.0847. The second-order valence-electron chi connectivity index (χ2n) is 3.62. The largest absolute Gasteiger partial charge is 0.394 e. The molecular weight excluding hydrogens is 274 g/mol. The van der Waals surface area contributed by atoms with E-state index in [2.05, 4.69) is 0 Å². The van der Waals surface area contributed by atoms with Gasteiger partial charge in [0.05, 0.1) is 11.8 Å². The van der Waals surface area contributed by atoms with Crippen molar-refractivity contribution in [1.29, 1.82) is 5.41 Å². The summed E-state index contributed by atoms with van der Waals surface area (Å²) in [6.45, 7) is 3.78. The van der Waals surface area contributed by atoms with Crippen LogP contribution in [0.3, 0.4) is 0 Å². The third-order valence-electron chi connectivity index (χ3n) is 1.53. The lowest BCUT2D eigenvalue weighted by atomic mass is 10.3. The molecule has 0 atom stereocenters. The standard InChI is InChI=1S/C10H15N3O.H2O4S/c1-8(2)14-13(10(11)12)9-6-4-3-5-7-9;1-5(2,3)4/h3-8H,1-2H3,(H3,11,12);(H2,1,2,3,4). The highest BCUT2D eigenvalue weighted by Crippen LogP contribution is 2.13. The van der Waals surface area contributed by atoms with Gasteiger partial charge in [0.1, 0.15) is 0 Å². The first-order valence-electron chi connectivity index (χ1n) is 5.17. The number of nitrogens with two attached hydrogens (primary N) is 1. The van der Waals surface area contributed by atoms with Gasteiger partial charge in [0.25, 0.3) is 0 Å². The highest BCUT2D eigenvalue weighted by molar-refractivity contribution is 7.79. The fourth-order valence-corrected chi connectivity index (χ4v) is 1.03. The number of hydrogen-bond donors (Lipinski definition) is 4. The van der Waals surface area contributed by atoms with Gasteiger partial charge in [-0.05, 0) is 26.0 Å². The summed E-state index contributed by atoms with van der Waals surface area (Å²) in [5.74, 6) is -0.120. The predicted octanol–water partition coefficient (Wildman–Crippen LogP) is 1.07. The minimum absolute atomic E-state index is 0.0147. The van der Waals surface area contributed by atoms with E-state index in [1.165, 1.54) is 5.06 Å². The fraction of sp³-hybridized carbons (Fsp3) is 0.300. The molecule has 0 aliphatic carbocycles. The van der Waals surface area contributed by atoms with Crippen LogP contribution >= 0.6 is 0 Å². The summed E-state index contributed by atoms with van der Waals surface area (Å²) in [4.78, 5) is 5.38. The number of para-hydroxylation sites is 1. The average Bonchev–Trinajstić information content (AvgIpc) is 2.24. The molecule has 19 heavy (non-hydrogen) atoms. The number of benzene rings is 1. The lowest BCUT2D eigenvalue weighted by Gasteiger charge is -2.23. The highest BCUT2D eigenvalue weighted by Gasteiger charge is 2.11. The number of hydrogen-bond acceptors (Lipinski definition) is 4. The van der Waals surface area contributed by atoms with Crippen molar-refractivity contribution in [2.45, 2.75) is 20.0 Å². The quantitative estimate of drug-likeness (QED) is 0.283. The summed E-state index contributed by atoms with van der Waals surface area (Å²) in [6, 6.07) is 9.31. The number of rotatable bonds is 3. The molecule has 0 fully saturated rings. The molecule has 0 aromatic heterocycles. The third-order valence-corrected chi connectivity index (χ3v) is 1.53. The summed E-state index contributed by atoms with van der Waals surface area (Å²) < 4.78 is 31.6. The van der Waals surface area contributed by atoms with E-state index in [0.29, 0.717) is 0 Å². The smallest absolute Gasteiger partial charge is 0.368 e. The zero-order valence-electron chi connectivity index (χ0n) is 10.5. The van der Waals surface area contributed by atoms with Gasteiger partial charge in [-0.15, -0.1) is 0 Å². The Bertz CT molecular complexity index is 481. The molecule has 0 saturated carbocycles. The van der Waals surface area contributed by atoms with Gasteiger partial charge >= 0.3 is 10.4 Å². The van der Waals surface area contributed by atoms with Crippen molar-refractivity contribution in [3.63, 3.8) is 0 Å². The SMILES string of the molecule is CC(C)ON(C(=N)N)c1ccccc1.O=S(=O)(O)O. The van der Waals surface area contributed by atoms with E-state index in [1.807, 2.05) is 44.2 Å². The van der Waals surface area contributed by atoms with Crippen LogP contribution in [0.2, 0.25) is 0 Å². The van der Waals surface area contributed by atoms with Gasteiger partial charge in [0.15, 0.2) is 0 Å². The van der Waals surface area contributed by atoms with E-state index in [4.69, 9.17) is 33.5 Å². The molecular formula is C10H17N3O5S. The molecule has 5 N–H and O–H groups in total. The topological polar surface area (TPSA) is 137 Å². The van der Waals surface area contributed by atoms with E-state index in [9.17, 15) is 0 Å². The molecule has 1 aromatic rings. The molecule has 1 aromatic carbocycles. The Balaban J connectivity index is 0.000000555. The van der Waals surface area contributed by atoms with Crippen LogP contribution in [0.1, 0.15) is 13.8 Å². The Labute approximate surface area is 111 Å². The number of anilines is 1. The summed E-state index contributed by atoms with van der Waals surface area (Å²) in [5.41, 5.74) is 6.16. The minimum Gasteiger partial charge on any atom is -0.368 e. The van der Waals surface area contributed by atoms with Gasteiger partial charge in [-0.2, -0.15) is 13.5 Å². The molecule has 108 valence electrons. The Hall–Kier alpha value is -1.68. The van der Waals surface area contributed by atoms with Crippen LogP contribution in [-0.4, -0.2) is 29.6 Å². The van der Waals surface area contributed by atoms with Crippen molar-refractivity contribution in [2.75, 3.05) is 5.06 Å².